The van der Waals surface area contributed by atoms with Gasteiger partial charge in [0, 0.05) is 0 Å². The molecule has 29 heavy (non-hydrogen) atoms. The van der Waals surface area contributed by atoms with Gasteiger partial charge in [0.2, 0.25) is 0 Å². The molecule has 0 aliphatic heterocycles. The van der Waals surface area contributed by atoms with Crippen LogP contribution in [0.15, 0.2) is 54.8 Å². The molecule has 2 N–H and O–H groups in total. The molecule has 0 fully saturated rings. The second-order valence-electron chi connectivity index (χ2n) is 7.24. The molecule has 0 aliphatic carbocycles. The number of ether oxygens (including phenoxy) is 2. The fraction of sp³-hybridized carbons (Fsp3) is 0.375. The summed E-state index contributed by atoms with van der Waals surface area (Å²) in [6.45, 7) is 6.88. The summed E-state index contributed by atoms with van der Waals surface area (Å²) in [5.74, 6) is 1.66. The van der Waals surface area contributed by atoms with Crippen molar-refractivity contribution in [3.63, 3.8) is 0 Å². The van der Waals surface area contributed by atoms with Crippen LogP contribution in [0.5, 0.6) is 11.5 Å². The summed E-state index contributed by atoms with van der Waals surface area (Å²) in [5, 5.41) is 12.5. The van der Waals surface area contributed by atoms with Crippen molar-refractivity contribution in [3.05, 3.63) is 65.9 Å². The van der Waals surface area contributed by atoms with Gasteiger partial charge in [-0.3, -0.25) is 4.79 Å². The maximum atomic E-state index is 12.7. The summed E-state index contributed by atoms with van der Waals surface area (Å²) < 4.78 is 11.0. The second kappa shape index (κ2) is 11.1. The molecule has 2 aromatic rings. The SMILES string of the molecule is CCC[C@H](C)COc1ccc(C(=CO)C(=O)N[C@H](C)c2ccc(OC)cc2)cc1. The zero-order valence-corrected chi connectivity index (χ0v) is 17.6. The van der Waals surface area contributed by atoms with Crippen LogP contribution in [0.25, 0.3) is 5.57 Å². The maximum absolute atomic E-state index is 12.7. The van der Waals surface area contributed by atoms with Gasteiger partial charge in [0.15, 0.2) is 0 Å². The molecular weight excluding hydrogens is 366 g/mol. The van der Waals surface area contributed by atoms with Crippen molar-refractivity contribution in [2.24, 2.45) is 5.92 Å². The molecule has 0 aromatic heterocycles. The van der Waals surface area contributed by atoms with Crippen molar-refractivity contribution in [2.45, 2.75) is 39.7 Å². The van der Waals surface area contributed by atoms with Gasteiger partial charge in [-0.25, -0.2) is 0 Å². The molecule has 0 radical (unpaired) electrons. The zero-order chi connectivity index (χ0) is 21.2. The number of benzene rings is 2. The minimum atomic E-state index is -0.346. The molecule has 0 heterocycles. The van der Waals surface area contributed by atoms with E-state index in [4.69, 9.17) is 9.47 Å². The highest BCUT2D eigenvalue weighted by Crippen LogP contribution is 2.22. The molecule has 1 amide bonds. The average molecular weight is 398 g/mol. The van der Waals surface area contributed by atoms with Crippen LogP contribution in [-0.4, -0.2) is 24.7 Å². The first-order valence-corrected chi connectivity index (χ1v) is 10.0. The Bertz CT molecular complexity index is 797. The fourth-order valence-electron chi connectivity index (χ4n) is 3.06. The minimum absolute atomic E-state index is 0.205. The molecule has 0 saturated heterocycles. The smallest absolute Gasteiger partial charge is 0.255 e. The summed E-state index contributed by atoms with van der Waals surface area (Å²) in [7, 11) is 1.61. The van der Waals surface area contributed by atoms with Gasteiger partial charge in [-0.2, -0.15) is 0 Å². The van der Waals surface area contributed by atoms with Crippen molar-refractivity contribution in [1.29, 1.82) is 0 Å². The minimum Gasteiger partial charge on any atom is -0.515 e. The number of aliphatic hydroxyl groups excluding tert-OH is 1. The summed E-state index contributed by atoms with van der Waals surface area (Å²) in [5.41, 5.74) is 1.78. The van der Waals surface area contributed by atoms with Crippen LogP contribution in [0.3, 0.4) is 0 Å². The zero-order valence-electron chi connectivity index (χ0n) is 17.6. The van der Waals surface area contributed by atoms with Crippen LogP contribution in [0.1, 0.15) is 50.8 Å². The standard InChI is InChI=1S/C24H31NO4/c1-5-6-17(2)16-29-22-13-9-20(10-14-22)23(15-26)24(27)25-18(3)19-7-11-21(28-4)12-8-19/h7-15,17-18,26H,5-6,16H2,1-4H3,(H,25,27)/t17-,18+/m0/s1. The molecule has 2 rings (SSSR count). The third-order valence-electron chi connectivity index (χ3n) is 4.82. The number of carbonyl (C=O) groups excluding carboxylic acids is 1. The number of amides is 1. The summed E-state index contributed by atoms with van der Waals surface area (Å²) in [4.78, 5) is 12.7. The Labute approximate surface area is 173 Å². The molecular formula is C24H31NO4. The van der Waals surface area contributed by atoms with Crippen LogP contribution in [0.4, 0.5) is 0 Å². The highest BCUT2D eigenvalue weighted by atomic mass is 16.5. The number of rotatable bonds is 10. The van der Waals surface area contributed by atoms with Gasteiger partial charge in [0.1, 0.15) is 11.5 Å². The van der Waals surface area contributed by atoms with Crippen molar-refractivity contribution >= 4 is 11.5 Å². The number of hydrogen-bond donors (Lipinski definition) is 2. The van der Waals surface area contributed by atoms with Gasteiger partial charge >= 0.3 is 0 Å². The van der Waals surface area contributed by atoms with E-state index in [0.29, 0.717) is 18.1 Å². The van der Waals surface area contributed by atoms with Crippen LogP contribution in [0.2, 0.25) is 0 Å². The Balaban J connectivity index is 1.99. The van der Waals surface area contributed by atoms with Gasteiger partial charge in [-0.1, -0.05) is 44.5 Å². The van der Waals surface area contributed by atoms with Crippen LogP contribution < -0.4 is 14.8 Å². The Morgan fingerprint density at radius 1 is 1.07 bits per heavy atom. The Kier molecular flexibility index (Phi) is 8.59. The predicted octanol–water partition coefficient (Wildman–Crippen LogP) is 5.29. The van der Waals surface area contributed by atoms with Gasteiger partial charge in [0.25, 0.3) is 5.91 Å². The Morgan fingerprint density at radius 2 is 1.69 bits per heavy atom. The van der Waals surface area contributed by atoms with Crippen molar-refractivity contribution < 1.29 is 19.4 Å². The van der Waals surface area contributed by atoms with Crippen molar-refractivity contribution in [1.82, 2.24) is 5.32 Å². The van der Waals surface area contributed by atoms with E-state index in [-0.39, 0.29) is 17.5 Å². The molecule has 2 aromatic carbocycles. The summed E-state index contributed by atoms with van der Waals surface area (Å²) >= 11 is 0. The Morgan fingerprint density at radius 3 is 2.24 bits per heavy atom. The van der Waals surface area contributed by atoms with E-state index < -0.39 is 0 Å². The molecule has 2 atom stereocenters. The number of aliphatic hydroxyl groups is 1. The van der Waals surface area contributed by atoms with Crippen LogP contribution in [0, 0.1) is 5.92 Å². The molecule has 5 nitrogen and oxygen atoms in total. The van der Waals surface area contributed by atoms with E-state index in [0.717, 1.165) is 36.2 Å². The average Bonchev–Trinajstić information content (AvgIpc) is 2.74. The number of nitrogens with one attached hydrogen (secondary N) is 1. The summed E-state index contributed by atoms with van der Waals surface area (Å²) in [6, 6.07) is 14.5. The summed E-state index contributed by atoms with van der Waals surface area (Å²) in [6.07, 6.45) is 3.11. The molecule has 5 heteroatoms. The van der Waals surface area contributed by atoms with Crippen molar-refractivity contribution in [2.75, 3.05) is 13.7 Å². The van der Waals surface area contributed by atoms with Gasteiger partial charge in [-0.15, -0.1) is 0 Å². The van der Waals surface area contributed by atoms with E-state index in [1.165, 1.54) is 0 Å². The first kappa shape index (κ1) is 22.3. The van der Waals surface area contributed by atoms with E-state index in [1.807, 2.05) is 43.3 Å². The molecule has 0 unspecified atom stereocenters. The lowest BCUT2D eigenvalue weighted by Gasteiger charge is -2.16. The van der Waals surface area contributed by atoms with E-state index >= 15 is 0 Å². The molecule has 0 bridgehead atoms. The van der Waals surface area contributed by atoms with Gasteiger partial charge in [0.05, 0.1) is 31.6 Å². The lowest BCUT2D eigenvalue weighted by molar-refractivity contribution is -0.116. The quantitative estimate of drug-likeness (QED) is 0.422. The number of methoxy groups -OCH3 is 1. The third-order valence-corrected chi connectivity index (χ3v) is 4.82. The molecule has 0 aliphatic rings. The number of hydrogen-bond acceptors (Lipinski definition) is 4. The number of carbonyl (C=O) groups is 1. The monoisotopic (exact) mass is 397 g/mol. The second-order valence-corrected chi connectivity index (χ2v) is 7.24. The van der Waals surface area contributed by atoms with Crippen LogP contribution in [-0.2, 0) is 4.79 Å². The highest BCUT2D eigenvalue weighted by Gasteiger charge is 2.16. The largest absolute Gasteiger partial charge is 0.515 e. The molecule has 156 valence electrons. The van der Waals surface area contributed by atoms with Gasteiger partial charge in [-0.05, 0) is 54.7 Å². The third kappa shape index (κ3) is 6.56. The highest BCUT2D eigenvalue weighted by molar-refractivity contribution is 6.19. The van der Waals surface area contributed by atoms with E-state index in [9.17, 15) is 9.90 Å². The van der Waals surface area contributed by atoms with Crippen molar-refractivity contribution in [3.8, 4) is 11.5 Å². The topological polar surface area (TPSA) is 67.8 Å². The van der Waals surface area contributed by atoms with E-state index in [1.54, 1.807) is 19.2 Å². The lowest BCUT2D eigenvalue weighted by Crippen LogP contribution is -2.27. The fourth-order valence-corrected chi connectivity index (χ4v) is 3.06. The lowest BCUT2D eigenvalue weighted by atomic mass is 10.0. The van der Waals surface area contributed by atoms with Gasteiger partial charge < -0.3 is 19.9 Å². The maximum Gasteiger partial charge on any atom is 0.255 e. The molecule has 0 spiro atoms. The first-order valence-electron chi connectivity index (χ1n) is 10.0. The normalized spacial score (nSPS) is 13.4. The Hall–Kier alpha value is -2.95. The molecule has 0 saturated carbocycles. The first-order chi connectivity index (χ1) is 14.0. The van der Waals surface area contributed by atoms with E-state index in [2.05, 4.69) is 19.2 Å². The predicted molar refractivity (Wildman–Crippen MR) is 116 cm³/mol. The van der Waals surface area contributed by atoms with Crippen LogP contribution >= 0.6 is 0 Å².